The number of rotatable bonds is 4. The van der Waals surface area contributed by atoms with Crippen LogP contribution in [0.4, 0.5) is 5.95 Å². The molecule has 0 aromatic carbocycles. The van der Waals surface area contributed by atoms with E-state index < -0.39 is 0 Å². The number of aromatic nitrogens is 4. The molecular formula is C10H19N5. The Labute approximate surface area is 90.2 Å². The van der Waals surface area contributed by atoms with E-state index in [1.54, 1.807) is 4.68 Å². The summed E-state index contributed by atoms with van der Waals surface area (Å²) >= 11 is 0. The highest BCUT2D eigenvalue weighted by Gasteiger charge is 2.12. The second-order valence-corrected chi connectivity index (χ2v) is 4.35. The Kier molecular flexibility index (Phi) is 3.53. The summed E-state index contributed by atoms with van der Waals surface area (Å²) in [5.74, 6) is 1.68. The Morgan fingerprint density at radius 2 is 2.13 bits per heavy atom. The van der Waals surface area contributed by atoms with Gasteiger partial charge in [0.1, 0.15) is 0 Å². The van der Waals surface area contributed by atoms with Gasteiger partial charge in [-0.2, -0.15) is 0 Å². The van der Waals surface area contributed by atoms with Crippen molar-refractivity contribution in [2.24, 2.45) is 13.0 Å². The van der Waals surface area contributed by atoms with Gasteiger partial charge in [-0.05, 0) is 22.8 Å². The molecule has 1 aliphatic carbocycles. The summed E-state index contributed by atoms with van der Waals surface area (Å²) in [6.45, 7) is 0.985. The maximum atomic E-state index is 3.89. The second kappa shape index (κ2) is 5.09. The van der Waals surface area contributed by atoms with Gasteiger partial charge in [0.15, 0.2) is 0 Å². The zero-order valence-corrected chi connectivity index (χ0v) is 9.32. The van der Waals surface area contributed by atoms with Crippen LogP contribution in [0.1, 0.15) is 38.5 Å². The van der Waals surface area contributed by atoms with Crippen LogP contribution in [0.15, 0.2) is 0 Å². The van der Waals surface area contributed by atoms with Gasteiger partial charge in [0, 0.05) is 13.6 Å². The predicted molar refractivity (Wildman–Crippen MR) is 58.5 cm³/mol. The third-order valence-electron chi connectivity index (χ3n) is 3.18. The normalized spacial score (nSPS) is 17.9. The van der Waals surface area contributed by atoms with Crippen LogP contribution >= 0.6 is 0 Å². The third-order valence-corrected chi connectivity index (χ3v) is 3.18. The molecule has 1 N–H and O–H groups in total. The fourth-order valence-electron chi connectivity index (χ4n) is 2.24. The molecule has 1 aromatic rings. The predicted octanol–water partition coefficient (Wildman–Crippen LogP) is 1.59. The molecule has 1 aliphatic rings. The minimum Gasteiger partial charge on any atom is -0.353 e. The zero-order chi connectivity index (χ0) is 10.5. The first kappa shape index (κ1) is 10.4. The Hall–Kier alpha value is -1.13. The van der Waals surface area contributed by atoms with Crippen LogP contribution in [0.2, 0.25) is 0 Å². The van der Waals surface area contributed by atoms with Crippen molar-refractivity contribution in [1.29, 1.82) is 0 Å². The van der Waals surface area contributed by atoms with Gasteiger partial charge in [0.2, 0.25) is 5.95 Å². The van der Waals surface area contributed by atoms with Crippen molar-refractivity contribution >= 4 is 5.95 Å². The summed E-state index contributed by atoms with van der Waals surface area (Å²) in [6.07, 6.45) is 8.30. The van der Waals surface area contributed by atoms with Crippen LogP contribution in [0, 0.1) is 5.92 Å². The van der Waals surface area contributed by atoms with E-state index >= 15 is 0 Å². The van der Waals surface area contributed by atoms with Crippen LogP contribution in [-0.4, -0.2) is 26.8 Å². The molecule has 0 saturated heterocycles. The topological polar surface area (TPSA) is 55.6 Å². The molecule has 2 rings (SSSR count). The third kappa shape index (κ3) is 2.91. The Balaban J connectivity index is 1.68. The fraction of sp³-hybridized carbons (Fsp3) is 0.900. The van der Waals surface area contributed by atoms with Crippen molar-refractivity contribution in [3.8, 4) is 0 Å². The van der Waals surface area contributed by atoms with E-state index in [1.807, 2.05) is 7.05 Å². The first-order valence-corrected chi connectivity index (χ1v) is 5.82. The lowest BCUT2D eigenvalue weighted by Gasteiger charge is -2.21. The maximum absolute atomic E-state index is 3.89. The number of aryl methyl sites for hydroxylation is 1. The van der Waals surface area contributed by atoms with E-state index in [9.17, 15) is 0 Å². The summed E-state index contributed by atoms with van der Waals surface area (Å²) < 4.78 is 1.67. The minimum atomic E-state index is 0.769. The SMILES string of the molecule is Cn1nnnc1NCCC1CCCCC1. The summed E-state index contributed by atoms with van der Waals surface area (Å²) in [5, 5.41) is 14.5. The number of nitrogens with zero attached hydrogens (tertiary/aromatic N) is 4. The second-order valence-electron chi connectivity index (χ2n) is 4.35. The van der Waals surface area contributed by atoms with E-state index in [2.05, 4.69) is 20.8 Å². The van der Waals surface area contributed by atoms with Crippen molar-refractivity contribution in [3.63, 3.8) is 0 Å². The molecule has 1 fully saturated rings. The average molecular weight is 209 g/mol. The van der Waals surface area contributed by atoms with E-state index in [0.717, 1.165) is 18.4 Å². The summed E-state index contributed by atoms with van der Waals surface area (Å²) in [5.41, 5.74) is 0. The number of hydrogen-bond acceptors (Lipinski definition) is 4. The Bertz CT molecular complexity index is 290. The molecule has 0 spiro atoms. The molecular weight excluding hydrogens is 190 g/mol. The van der Waals surface area contributed by atoms with Gasteiger partial charge in [-0.15, -0.1) is 0 Å². The zero-order valence-electron chi connectivity index (χ0n) is 9.32. The van der Waals surface area contributed by atoms with Gasteiger partial charge in [0.25, 0.3) is 0 Å². The van der Waals surface area contributed by atoms with Crippen molar-refractivity contribution in [2.45, 2.75) is 38.5 Å². The van der Waals surface area contributed by atoms with E-state index in [1.165, 1.54) is 38.5 Å². The molecule has 5 heteroatoms. The van der Waals surface area contributed by atoms with Crippen molar-refractivity contribution in [3.05, 3.63) is 0 Å². The molecule has 0 atom stereocenters. The molecule has 1 heterocycles. The highest BCUT2D eigenvalue weighted by molar-refractivity contribution is 5.20. The molecule has 0 bridgehead atoms. The van der Waals surface area contributed by atoms with Crippen LogP contribution in [-0.2, 0) is 7.05 Å². The van der Waals surface area contributed by atoms with Gasteiger partial charge in [-0.3, -0.25) is 0 Å². The van der Waals surface area contributed by atoms with Gasteiger partial charge in [-0.1, -0.05) is 37.2 Å². The van der Waals surface area contributed by atoms with Crippen molar-refractivity contribution in [1.82, 2.24) is 20.2 Å². The van der Waals surface area contributed by atoms with E-state index in [0.29, 0.717) is 0 Å². The summed E-state index contributed by atoms with van der Waals surface area (Å²) in [4.78, 5) is 0. The van der Waals surface area contributed by atoms with Gasteiger partial charge < -0.3 is 5.32 Å². The van der Waals surface area contributed by atoms with Crippen LogP contribution in [0.5, 0.6) is 0 Å². The number of anilines is 1. The smallest absolute Gasteiger partial charge is 0.242 e. The van der Waals surface area contributed by atoms with Crippen LogP contribution in [0.3, 0.4) is 0 Å². The lowest BCUT2D eigenvalue weighted by Crippen LogP contribution is -2.14. The van der Waals surface area contributed by atoms with Gasteiger partial charge in [0.05, 0.1) is 0 Å². The lowest BCUT2D eigenvalue weighted by molar-refractivity contribution is 0.345. The summed E-state index contributed by atoms with van der Waals surface area (Å²) in [7, 11) is 1.85. The molecule has 0 unspecified atom stereocenters. The Morgan fingerprint density at radius 3 is 2.80 bits per heavy atom. The molecule has 0 radical (unpaired) electrons. The molecule has 84 valence electrons. The first-order chi connectivity index (χ1) is 7.36. The monoisotopic (exact) mass is 209 g/mol. The number of nitrogens with one attached hydrogen (secondary N) is 1. The lowest BCUT2D eigenvalue weighted by atomic mass is 9.87. The fourth-order valence-corrected chi connectivity index (χ4v) is 2.24. The van der Waals surface area contributed by atoms with Crippen LogP contribution < -0.4 is 5.32 Å². The molecule has 0 aliphatic heterocycles. The number of hydrogen-bond donors (Lipinski definition) is 1. The maximum Gasteiger partial charge on any atom is 0.242 e. The van der Waals surface area contributed by atoms with E-state index in [4.69, 9.17) is 0 Å². The summed E-state index contributed by atoms with van der Waals surface area (Å²) in [6, 6.07) is 0. The molecule has 1 aromatic heterocycles. The van der Waals surface area contributed by atoms with Crippen molar-refractivity contribution in [2.75, 3.05) is 11.9 Å². The Morgan fingerprint density at radius 1 is 1.33 bits per heavy atom. The minimum absolute atomic E-state index is 0.769. The highest BCUT2D eigenvalue weighted by atomic mass is 15.6. The van der Waals surface area contributed by atoms with Gasteiger partial charge >= 0.3 is 0 Å². The van der Waals surface area contributed by atoms with Crippen LogP contribution in [0.25, 0.3) is 0 Å². The van der Waals surface area contributed by atoms with Gasteiger partial charge in [-0.25, -0.2) is 4.68 Å². The largest absolute Gasteiger partial charge is 0.353 e. The average Bonchev–Trinajstić information content (AvgIpc) is 2.66. The first-order valence-electron chi connectivity index (χ1n) is 5.82. The molecule has 5 nitrogen and oxygen atoms in total. The van der Waals surface area contributed by atoms with Crippen molar-refractivity contribution < 1.29 is 0 Å². The molecule has 15 heavy (non-hydrogen) atoms. The molecule has 0 amide bonds. The van der Waals surface area contributed by atoms with E-state index in [-0.39, 0.29) is 0 Å². The molecule has 1 saturated carbocycles. The quantitative estimate of drug-likeness (QED) is 0.818. The standard InChI is InChI=1S/C10H19N5/c1-15-10(12-13-14-15)11-8-7-9-5-3-2-4-6-9/h9H,2-8H2,1H3,(H,11,12,14). The number of tetrazole rings is 1. The highest BCUT2D eigenvalue weighted by Crippen LogP contribution is 2.25.